The van der Waals surface area contributed by atoms with Crippen molar-refractivity contribution >= 4 is 11.6 Å². The molecular weight excluding hydrogens is 228 g/mol. The average Bonchev–Trinajstić information content (AvgIpc) is 2.40. The molecule has 0 aliphatic carbocycles. The molecule has 0 bridgehead atoms. The molecule has 0 aromatic heterocycles. The number of rotatable bonds is 4. The van der Waals surface area contributed by atoms with Gasteiger partial charge in [-0.05, 0) is 44.5 Å². The van der Waals surface area contributed by atoms with Crippen LogP contribution in [0.5, 0.6) is 0 Å². The lowest BCUT2D eigenvalue weighted by Gasteiger charge is -2.22. The largest absolute Gasteiger partial charge is 0.368 e. The quantitative estimate of drug-likeness (QED) is 0.852. The van der Waals surface area contributed by atoms with Crippen LogP contribution in [-0.2, 0) is 9.53 Å². The zero-order valence-corrected chi connectivity index (χ0v) is 10.7. The summed E-state index contributed by atoms with van der Waals surface area (Å²) < 4.78 is 5.60. The first-order valence-electron chi connectivity index (χ1n) is 6.43. The molecule has 2 N–H and O–H groups in total. The van der Waals surface area contributed by atoms with E-state index in [1.165, 1.54) is 0 Å². The van der Waals surface area contributed by atoms with Gasteiger partial charge in [0.25, 0.3) is 0 Å². The molecule has 0 atom stereocenters. The van der Waals surface area contributed by atoms with Gasteiger partial charge >= 0.3 is 0 Å². The molecule has 0 radical (unpaired) electrons. The number of nitrogens with one attached hydrogen (secondary N) is 2. The molecule has 1 amide bonds. The Kier molecular flexibility index (Phi) is 4.73. The zero-order chi connectivity index (χ0) is 12.8. The molecule has 1 aliphatic heterocycles. The van der Waals surface area contributed by atoms with Gasteiger partial charge in [-0.3, -0.25) is 4.79 Å². The van der Waals surface area contributed by atoms with Crippen LogP contribution in [0.1, 0.15) is 18.4 Å². The van der Waals surface area contributed by atoms with E-state index in [-0.39, 0.29) is 18.6 Å². The molecule has 4 heteroatoms. The van der Waals surface area contributed by atoms with Crippen LogP contribution >= 0.6 is 0 Å². The molecule has 2 rings (SSSR count). The van der Waals surface area contributed by atoms with Crippen LogP contribution in [0.2, 0.25) is 0 Å². The summed E-state index contributed by atoms with van der Waals surface area (Å²) in [7, 11) is 0. The summed E-state index contributed by atoms with van der Waals surface area (Å²) in [5.41, 5.74) is 1.92. The predicted molar refractivity (Wildman–Crippen MR) is 71.7 cm³/mol. The van der Waals surface area contributed by atoms with E-state index in [1.807, 2.05) is 31.2 Å². The number of carbonyl (C=O) groups is 1. The Morgan fingerprint density at radius 1 is 1.39 bits per heavy atom. The lowest BCUT2D eigenvalue weighted by Crippen LogP contribution is -2.34. The monoisotopic (exact) mass is 248 g/mol. The Morgan fingerprint density at radius 3 is 2.83 bits per heavy atom. The Balaban J connectivity index is 1.76. The van der Waals surface area contributed by atoms with Crippen LogP contribution in [0.3, 0.4) is 0 Å². The van der Waals surface area contributed by atoms with Crippen molar-refractivity contribution in [3.63, 3.8) is 0 Å². The molecule has 18 heavy (non-hydrogen) atoms. The number of aryl methyl sites for hydroxylation is 1. The minimum atomic E-state index is -0.0807. The number of para-hydroxylation sites is 1. The molecule has 98 valence electrons. The third kappa shape index (κ3) is 3.82. The summed E-state index contributed by atoms with van der Waals surface area (Å²) in [6, 6.07) is 7.74. The first-order chi connectivity index (χ1) is 8.75. The Morgan fingerprint density at radius 2 is 2.11 bits per heavy atom. The zero-order valence-electron chi connectivity index (χ0n) is 10.7. The van der Waals surface area contributed by atoms with Gasteiger partial charge in [0, 0.05) is 5.69 Å². The van der Waals surface area contributed by atoms with Gasteiger partial charge in [-0.25, -0.2) is 0 Å². The van der Waals surface area contributed by atoms with Crippen molar-refractivity contribution < 1.29 is 9.53 Å². The van der Waals surface area contributed by atoms with E-state index in [0.717, 1.165) is 37.2 Å². The topological polar surface area (TPSA) is 50.4 Å². The van der Waals surface area contributed by atoms with Crippen LogP contribution in [0.25, 0.3) is 0 Å². The van der Waals surface area contributed by atoms with Crippen molar-refractivity contribution in [3.05, 3.63) is 29.8 Å². The number of piperidine rings is 1. The SMILES string of the molecule is Cc1ccccc1NC(=O)COC1CCNCC1. The number of hydrogen-bond acceptors (Lipinski definition) is 3. The van der Waals surface area contributed by atoms with Gasteiger partial charge in [-0.2, -0.15) is 0 Å². The maximum Gasteiger partial charge on any atom is 0.250 e. The summed E-state index contributed by atoms with van der Waals surface area (Å²) >= 11 is 0. The average molecular weight is 248 g/mol. The molecule has 1 aromatic rings. The molecule has 0 spiro atoms. The van der Waals surface area contributed by atoms with Gasteiger partial charge in [-0.1, -0.05) is 18.2 Å². The smallest absolute Gasteiger partial charge is 0.250 e. The van der Waals surface area contributed by atoms with Crippen molar-refractivity contribution in [2.45, 2.75) is 25.9 Å². The van der Waals surface area contributed by atoms with Crippen molar-refractivity contribution in [2.24, 2.45) is 0 Å². The fourth-order valence-electron chi connectivity index (χ4n) is 2.06. The number of carbonyl (C=O) groups excluding carboxylic acids is 1. The number of amides is 1. The molecule has 1 fully saturated rings. The van der Waals surface area contributed by atoms with E-state index in [9.17, 15) is 4.79 Å². The number of anilines is 1. The normalized spacial score (nSPS) is 16.5. The Hall–Kier alpha value is -1.39. The van der Waals surface area contributed by atoms with E-state index >= 15 is 0 Å². The Bertz CT molecular complexity index is 401. The molecule has 1 saturated heterocycles. The summed E-state index contributed by atoms with van der Waals surface area (Å²) in [4.78, 5) is 11.8. The van der Waals surface area contributed by atoms with E-state index in [1.54, 1.807) is 0 Å². The van der Waals surface area contributed by atoms with Crippen molar-refractivity contribution in [2.75, 3.05) is 25.0 Å². The van der Waals surface area contributed by atoms with Gasteiger partial charge < -0.3 is 15.4 Å². The summed E-state index contributed by atoms with van der Waals surface area (Å²) in [5, 5.41) is 6.14. The second kappa shape index (κ2) is 6.52. The lowest BCUT2D eigenvalue weighted by molar-refractivity contribution is -0.123. The van der Waals surface area contributed by atoms with Crippen LogP contribution in [-0.4, -0.2) is 31.7 Å². The number of ether oxygens (including phenoxy) is 1. The van der Waals surface area contributed by atoms with Gasteiger partial charge in [0.2, 0.25) is 5.91 Å². The number of benzene rings is 1. The first kappa shape index (κ1) is 13.1. The standard InChI is InChI=1S/C14H20N2O2/c1-11-4-2-3-5-13(11)16-14(17)10-18-12-6-8-15-9-7-12/h2-5,12,15H,6-10H2,1H3,(H,16,17). The Labute approximate surface area is 108 Å². The highest BCUT2D eigenvalue weighted by Gasteiger charge is 2.14. The molecule has 0 saturated carbocycles. The van der Waals surface area contributed by atoms with Gasteiger partial charge in [0.1, 0.15) is 6.61 Å². The van der Waals surface area contributed by atoms with Crippen molar-refractivity contribution in [1.82, 2.24) is 5.32 Å². The van der Waals surface area contributed by atoms with Crippen LogP contribution in [0, 0.1) is 6.92 Å². The minimum absolute atomic E-state index is 0.0807. The predicted octanol–water partition coefficient (Wildman–Crippen LogP) is 1.70. The van der Waals surface area contributed by atoms with Crippen LogP contribution < -0.4 is 10.6 Å². The van der Waals surface area contributed by atoms with Gasteiger partial charge in [-0.15, -0.1) is 0 Å². The molecule has 4 nitrogen and oxygen atoms in total. The summed E-state index contributed by atoms with van der Waals surface area (Å²) in [6.07, 6.45) is 2.18. The summed E-state index contributed by atoms with van der Waals surface area (Å²) in [5.74, 6) is -0.0807. The fourth-order valence-corrected chi connectivity index (χ4v) is 2.06. The highest BCUT2D eigenvalue weighted by molar-refractivity contribution is 5.92. The first-order valence-corrected chi connectivity index (χ1v) is 6.43. The molecule has 1 heterocycles. The van der Waals surface area contributed by atoms with Crippen LogP contribution in [0.15, 0.2) is 24.3 Å². The van der Waals surface area contributed by atoms with Crippen molar-refractivity contribution in [1.29, 1.82) is 0 Å². The van der Waals surface area contributed by atoms with E-state index < -0.39 is 0 Å². The second-order valence-corrected chi connectivity index (χ2v) is 4.62. The maximum atomic E-state index is 11.8. The maximum absolute atomic E-state index is 11.8. The summed E-state index contributed by atoms with van der Waals surface area (Å²) in [6.45, 7) is 4.07. The molecule has 1 aromatic carbocycles. The van der Waals surface area contributed by atoms with Crippen LogP contribution in [0.4, 0.5) is 5.69 Å². The third-order valence-corrected chi connectivity index (χ3v) is 3.16. The lowest BCUT2D eigenvalue weighted by atomic mass is 10.1. The highest BCUT2D eigenvalue weighted by Crippen LogP contribution is 2.13. The highest BCUT2D eigenvalue weighted by atomic mass is 16.5. The minimum Gasteiger partial charge on any atom is -0.368 e. The van der Waals surface area contributed by atoms with Gasteiger partial charge in [0.15, 0.2) is 0 Å². The molecule has 0 unspecified atom stereocenters. The van der Waals surface area contributed by atoms with E-state index in [4.69, 9.17) is 4.74 Å². The van der Waals surface area contributed by atoms with E-state index in [0.29, 0.717) is 0 Å². The number of hydrogen-bond donors (Lipinski definition) is 2. The van der Waals surface area contributed by atoms with E-state index in [2.05, 4.69) is 10.6 Å². The fraction of sp³-hybridized carbons (Fsp3) is 0.500. The van der Waals surface area contributed by atoms with Crippen molar-refractivity contribution in [3.8, 4) is 0 Å². The van der Waals surface area contributed by atoms with Gasteiger partial charge in [0.05, 0.1) is 6.10 Å². The molecule has 1 aliphatic rings. The third-order valence-electron chi connectivity index (χ3n) is 3.16. The second-order valence-electron chi connectivity index (χ2n) is 4.62. The molecular formula is C14H20N2O2.